The Morgan fingerprint density at radius 3 is 2.73 bits per heavy atom. The summed E-state index contributed by atoms with van der Waals surface area (Å²) in [6, 6.07) is 7.03. The highest BCUT2D eigenvalue weighted by Crippen LogP contribution is 2.33. The maximum absolute atomic E-state index is 14.3. The highest BCUT2D eigenvalue weighted by Gasteiger charge is 2.27. The Morgan fingerprint density at radius 2 is 2.00 bits per heavy atom. The van der Waals surface area contributed by atoms with Crippen LogP contribution in [-0.2, 0) is 6.54 Å². The minimum atomic E-state index is -0.721. The number of carbonyl (C=O) groups excluding carboxylic acids is 1. The van der Waals surface area contributed by atoms with E-state index in [1.807, 2.05) is 26.0 Å². The van der Waals surface area contributed by atoms with E-state index in [0.717, 1.165) is 60.9 Å². The summed E-state index contributed by atoms with van der Waals surface area (Å²) in [5, 5.41) is 0. The fourth-order valence-electron chi connectivity index (χ4n) is 4.30. The fourth-order valence-corrected chi connectivity index (χ4v) is 4.30. The number of benzene rings is 1. The molecule has 1 saturated carbocycles. The van der Waals surface area contributed by atoms with Gasteiger partial charge in [0.2, 0.25) is 0 Å². The quantitative estimate of drug-likeness (QED) is 0.564. The molecule has 1 amide bonds. The van der Waals surface area contributed by atoms with E-state index in [2.05, 4.69) is 9.55 Å². The average Bonchev–Trinajstić information content (AvgIpc) is 3.35. The molecule has 3 aromatic rings. The molecule has 1 aliphatic carbocycles. The lowest BCUT2D eigenvalue weighted by Crippen LogP contribution is -2.35. The van der Waals surface area contributed by atoms with Crippen LogP contribution in [0.4, 0.5) is 8.78 Å². The molecule has 1 aromatic carbocycles. The van der Waals surface area contributed by atoms with Crippen LogP contribution in [-0.4, -0.2) is 31.9 Å². The second kappa shape index (κ2) is 8.50. The van der Waals surface area contributed by atoms with Crippen LogP contribution in [0.15, 0.2) is 36.5 Å². The molecule has 5 nitrogen and oxygen atoms in total. The number of carbonyl (C=O) groups is 1. The van der Waals surface area contributed by atoms with Crippen molar-refractivity contribution in [2.45, 2.75) is 52.1 Å². The lowest BCUT2D eigenvalue weighted by molar-refractivity contribution is 0.0710. The van der Waals surface area contributed by atoms with Gasteiger partial charge in [0.05, 0.1) is 12.1 Å². The summed E-state index contributed by atoms with van der Waals surface area (Å²) >= 11 is 0. The monoisotopic (exact) mass is 412 g/mol. The third kappa shape index (κ3) is 4.06. The van der Waals surface area contributed by atoms with Crippen LogP contribution in [0.2, 0.25) is 0 Å². The minimum Gasteiger partial charge on any atom is -0.331 e. The van der Waals surface area contributed by atoms with Gasteiger partial charge in [-0.15, -0.1) is 0 Å². The van der Waals surface area contributed by atoms with Crippen molar-refractivity contribution < 1.29 is 13.6 Å². The molecule has 2 heterocycles. The zero-order valence-corrected chi connectivity index (χ0v) is 17.3. The molecule has 0 aliphatic heterocycles. The van der Waals surface area contributed by atoms with E-state index in [1.165, 1.54) is 0 Å². The number of aromatic nitrogens is 3. The summed E-state index contributed by atoms with van der Waals surface area (Å²) < 4.78 is 30.2. The van der Waals surface area contributed by atoms with Crippen molar-refractivity contribution in [3.05, 3.63) is 59.6 Å². The largest absolute Gasteiger partial charge is 0.331 e. The third-order valence-electron chi connectivity index (χ3n) is 5.58. The van der Waals surface area contributed by atoms with Crippen molar-refractivity contribution >= 4 is 17.1 Å². The van der Waals surface area contributed by atoms with Gasteiger partial charge in [-0.1, -0.05) is 26.7 Å². The average molecular weight is 412 g/mol. The number of halogens is 2. The highest BCUT2D eigenvalue weighted by molar-refractivity contribution is 5.94. The molecule has 0 spiro atoms. The number of hydrogen-bond donors (Lipinski definition) is 0. The Bertz CT molecular complexity index is 1060. The van der Waals surface area contributed by atoms with Crippen LogP contribution in [0, 0.1) is 17.6 Å². The molecule has 1 fully saturated rings. The predicted molar refractivity (Wildman–Crippen MR) is 111 cm³/mol. The first-order valence-corrected chi connectivity index (χ1v) is 10.5. The van der Waals surface area contributed by atoms with Crippen LogP contribution in [0.1, 0.15) is 61.8 Å². The van der Waals surface area contributed by atoms with Gasteiger partial charge in [-0.25, -0.2) is 18.7 Å². The SMILES string of the molecule is CC(C)CN(Cc1nc2cccnc2n1C1CCCC1)C(=O)c1cc(F)ccc1F. The summed E-state index contributed by atoms with van der Waals surface area (Å²) in [5.74, 6) is -0.985. The molecule has 0 unspecified atom stereocenters. The van der Waals surface area contributed by atoms with Gasteiger partial charge in [0.15, 0.2) is 5.65 Å². The van der Waals surface area contributed by atoms with E-state index in [1.54, 1.807) is 11.1 Å². The first kappa shape index (κ1) is 20.4. The van der Waals surface area contributed by atoms with Crippen molar-refractivity contribution in [3.8, 4) is 0 Å². The Kier molecular flexibility index (Phi) is 5.79. The van der Waals surface area contributed by atoms with Crippen LogP contribution in [0.25, 0.3) is 11.2 Å². The number of pyridine rings is 1. The maximum Gasteiger partial charge on any atom is 0.257 e. The van der Waals surface area contributed by atoms with Gasteiger partial charge in [-0.2, -0.15) is 0 Å². The number of rotatable bonds is 6. The molecule has 4 rings (SSSR count). The third-order valence-corrected chi connectivity index (χ3v) is 5.58. The van der Waals surface area contributed by atoms with Crippen molar-refractivity contribution in [1.29, 1.82) is 0 Å². The van der Waals surface area contributed by atoms with Gasteiger partial charge in [-0.3, -0.25) is 4.79 Å². The summed E-state index contributed by atoms with van der Waals surface area (Å²) in [5.41, 5.74) is 1.35. The summed E-state index contributed by atoms with van der Waals surface area (Å²) in [4.78, 5) is 24.0. The van der Waals surface area contributed by atoms with Gasteiger partial charge < -0.3 is 9.47 Å². The van der Waals surface area contributed by atoms with E-state index in [9.17, 15) is 13.6 Å². The van der Waals surface area contributed by atoms with E-state index in [-0.39, 0.29) is 18.0 Å². The van der Waals surface area contributed by atoms with E-state index < -0.39 is 17.5 Å². The summed E-state index contributed by atoms with van der Waals surface area (Å²) in [6.45, 7) is 4.61. The lowest BCUT2D eigenvalue weighted by Gasteiger charge is -2.26. The predicted octanol–water partition coefficient (Wildman–Crippen LogP) is 5.12. The second-order valence-corrected chi connectivity index (χ2v) is 8.39. The molecular formula is C23H26F2N4O. The van der Waals surface area contributed by atoms with Crippen LogP contribution in [0.3, 0.4) is 0 Å². The fraction of sp³-hybridized carbons (Fsp3) is 0.435. The standard InChI is InChI=1S/C23H26F2N4O/c1-15(2)13-28(23(30)18-12-16(24)9-10-19(18)25)14-21-27-20-8-5-11-26-22(20)29(21)17-6-3-4-7-17/h5,8-12,15,17H,3-4,6-7,13-14H2,1-2H3. The van der Waals surface area contributed by atoms with E-state index in [0.29, 0.717) is 12.6 Å². The molecule has 7 heteroatoms. The Morgan fingerprint density at radius 1 is 1.23 bits per heavy atom. The van der Waals surface area contributed by atoms with Gasteiger partial charge in [-0.05, 0) is 49.1 Å². The van der Waals surface area contributed by atoms with Crippen molar-refractivity contribution in [2.24, 2.45) is 5.92 Å². The molecule has 0 atom stereocenters. The molecule has 30 heavy (non-hydrogen) atoms. The second-order valence-electron chi connectivity index (χ2n) is 8.39. The highest BCUT2D eigenvalue weighted by atomic mass is 19.1. The Hall–Kier alpha value is -2.83. The zero-order valence-electron chi connectivity index (χ0n) is 17.3. The van der Waals surface area contributed by atoms with Gasteiger partial charge in [0.25, 0.3) is 5.91 Å². The number of amides is 1. The Balaban J connectivity index is 1.73. The maximum atomic E-state index is 14.3. The molecule has 0 N–H and O–H groups in total. The first-order valence-electron chi connectivity index (χ1n) is 10.5. The molecule has 0 radical (unpaired) electrons. The summed E-state index contributed by atoms with van der Waals surface area (Å²) in [7, 11) is 0. The minimum absolute atomic E-state index is 0.160. The Labute approximate surface area is 174 Å². The van der Waals surface area contributed by atoms with Crippen LogP contribution >= 0.6 is 0 Å². The summed E-state index contributed by atoms with van der Waals surface area (Å²) in [6.07, 6.45) is 6.15. The molecule has 0 saturated heterocycles. The number of nitrogens with zero attached hydrogens (tertiary/aromatic N) is 4. The van der Waals surface area contributed by atoms with E-state index >= 15 is 0 Å². The van der Waals surface area contributed by atoms with Gasteiger partial charge in [0, 0.05) is 18.8 Å². The zero-order chi connectivity index (χ0) is 21.3. The number of fused-ring (bicyclic) bond motifs is 1. The molecule has 158 valence electrons. The number of imidazole rings is 1. The van der Waals surface area contributed by atoms with Gasteiger partial charge >= 0.3 is 0 Å². The lowest BCUT2D eigenvalue weighted by atomic mass is 10.1. The van der Waals surface area contributed by atoms with Crippen LogP contribution < -0.4 is 0 Å². The molecule has 1 aliphatic rings. The first-order chi connectivity index (χ1) is 14.4. The van der Waals surface area contributed by atoms with Crippen molar-refractivity contribution in [3.63, 3.8) is 0 Å². The normalized spacial score (nSPS) is 14.7. The van der Waals surface area contributed by atoms with Crippen molar-refractivity contribution in [2.75, 3.05) is 6.54 Å². The number of hydrogen-bond acceptors (Lipinski definition) is 3. The van der Waals surface area contributed by atoms with Crippen molar-refractivity contribution in [1.82, 2.24) is 19.4 Å². The smallest absolute Gasteiger partial charge is 0.257 e. The van der Waals surface area contributed by atoms with Crippen LogP contribution in [0.5, 0.6) is 0 Å². The van der Waals surface area contributed by atoms with E-state index in [4.69, 9.17) is 4.98 Å². The molecule has 2 aromatic heterocycles. The topological polar surface area (TPSA) is 51.0 Å². The van der Waals surface area contributed by atoms with Gasteiger partial charge in [0.1, 0.15) is 23.0 Å². The molecular weight excluding hydrogens is 386 g/mol. The molecule has 0 bridgehead atoms.